The van der Waals surface area contributed by atoms with E-state index in [-0.39, 0.29) is 22.9 Å². The van der Waals surface area contributed by atoms with Crippen LogP contribution in [0.5, 0.6) is 0 Å². The number of halogens is 1. The van der Waals surface area contributed by atoms with E-state index in [1.807, 2.05) is 0 Å². The highest BCUT2D eigenvalue weighted by Gasteiger charge is 2.16. The van der Waals surface area contributed by atoms with Gasteiger partial charge in [-0.25, -0.2) is 17.5 Å². The lowest BCUT2D eigenvalue weighted by atomic mass is 10.2. The van der Waals surface area contributed by atoms with Crippen LogP contribution in [0.3, 0.4) is 0 Å². The molecule has 2 rings (SSSR count). The largest absolute Gasteiger partial charge is 0.392 e. The molecule has 1 aromatic heterocycles. The highest BCUT2D eigenvalue weighted by molar-refractivity contribution is 7.91. The molecule has 4 nitrogen and oxygen atoms in total. The third-order valence-electron chi connectivity index (χ3n) is 2.49. The lowest BCUT2D eigenvalue weighted by molar-refractivity contribution is 0.282. The van der Waals surface area contributed by atoms with Gasteiger partial charge in [0.25, 0.3) is 0 Å². The van der Waals surface area contributed by atoms with E-state index >= 15 is 0 Å². The van der Waals surface area contributed by atoms with Gasteiger partial charge >= 0.3 is 0 Å². The summed E-state index contributed by atoms with van der Waals surface area (Å²) < 4.78 is 39.7. The maximum atomic E-state index is 13.4. The molecule has 19 heavy (non-hydrogen) atoms. The van der Waals surface area contributed by atoms with Gasteiger partial charge in [0.15, 0.2) is 0 Å². The number of thiophene rings is 1. The molecule has 1 heterocycles. The van der Waals surface area contributed by atoms with Crippen molar-refractivity contribution in [2.45, 2.75) is 17.4 Å². The summed E-state index contributed by atoms with van der Waals surface area (Å²) in [7, 11) is -3.67. The van der Waals surface area contributed by atoms with Gasteiger partial charge in [-0.3, -0.25) is 0 Å². The van der Waals surface area contributed by atoms with Gasteiger partial charge in [0.2, 0.25) is 10.0 Å². The molecule has 2 aromatic rings. The molecule has 0 aliphatic carbocycles. The molecule has 1 aromatic carbocycles. The van der Waals surface area contributed by atoms with E-state index in [1.165, 1.54) is 18.2 Å². The van der Waals surface area contributed by atoms with Crippen LogP contribution in [-0.2, 0) is 23.2 Å². The third-order valence-corrected chi connectivity index (χ3v) is 5.38. The topological polar surface area (TPSA) is 66.4 Å². The zero-order valence-electron chi connectivity index (χ0n) is 9.84. The molecular formula is C12H12FNO3S2. The van der Waals surface area contributed by atoms with Gasteiger partial charge in [0.05, 0.1) is 6.61 Å². The SMILES string of the molecule is O=S(=O)(NCc1ccccc1F)c1cc(CO)cs1. The Morgan fingerprint density at radius 3 is 2.68 bits per heavy atom. The summed E-state index contributed by atoms with van der Waals surface area (Å²) in [5.74, 6) is -0.451. The van der Waals surface area contributed by atoms with Crippen LogP contribution in [0.25, 0.3) is 0 Å². The number of sulfonamides is 1. The van der Waals surface area contributed by atoms with E-state index in [4.69, 9.17) is 5.11 Å². The molecule has 2 N–H and O–H groups in total. The highest BCUT2D eigenvalue weighted by Crippen LogP contribution is 2.20. The van der Waals surface area contributed by atoms with Crippen molar-refractivity contribution in [3.8, 4) is 0 Å². The van der Waals surface area contributed by atoms with Crippen LogP contribution in [0.2, 0.25) is 0 Å². The predicted octanol–water partition coefficient (Wildman–Crippen LogP) is 1.86. The Morgan fingerprint density at radius 1 is 1.32 bits per heavy atom. The Balaban J connectivity index is 2.12. The summed E-state index contributed by atoms with van der Waals surface area (Å²) in [6.45, 7) is -0.319. The number of hydrogen-bond acceptors (Lipinski definition) is 4. The molecule has 102 valence electrons. The lowest BCUT2D eigenvalue weighted by Crippen LogP contribution is -2.22. The second kappa shape index (κ2) is 5.79. The van der Waals surface area contributed by atoms with Crippen molar-refractivity contribution in [2.24, 2.45) is 0 Å². The molecule has 0 aliphatic heterocycles. The maximum absolute atomic E-state index is 13.4. The van der Waals surface area contributed by atoms with E-state index < -0.39 is 15.8 Å². The normalized spacial score (nSPS) is 11.7. The molecule has 0 fully saturated rings. The monoisotopic (exact) mass is 301 g/mol. The zero-order chi connectivity index (χ0) is 13.9. The first kappa shape index (κ1) is 14.1. The first-order valence-electron chi connectivity index (χ1n) is 5.44. The molecule has 0 saturated heterocycles. The van der Waals surface area contributed by atoms with Crippen LogP contribution in [0.4, 0.5) is 4.39 Å². The molecule has 0 aliphatic rings. The Kier molecular flexibility index (Phi) is 4.31. The Hall–Kier alpha value is -1.28. The maximum Gasteiger partial charge on any atom is 0.250 e. The summed E-state index contributed by atoms with van der Waals surface area (Å²) in [6.07, 6.45) is 0. The van der Waals surface area contributed by atoms with Gasteiger partial charge in [0, 0.05) is 12.1 Å². The van der Waals surface area contributed by atoms with E-state index in [9.17, 15) is 12.8 Å². The van der Waals surface area contributed by atoms with Crippen molar-refractivity contribution in [3.05, 3.63) is 52.7 Å². The quantitative estimate of drug-likeness (QED) is 0.886. The number of nitrogens with one attached hydrogen (secondary N) is 1. The minimum absolute atomic E-state index is 0.105. The fourth-order valence-corrected chi connectivity index (χ4v) is 3.71. The summed E-state index contributed by atoms with van der Waals surface area (Å²) in [5.41, 5.74) is 0.821. The molecule has 0 spiro atoms. The van der Waals surface area contributed by atoms with Crippen molar-refractivity contribution >= 4 is 21.4 Å². The van der Waals surface area contributed by atoms with Gasteiger partial charge in [-0.15, -0.1) is 11.3 Å². The van der Waals surface area contributed by atoms with Crippen LogP contribution >= 0.6 is 11.3 Å². The van der Waals surface area contributed by atoms with Crippen molar-refractivity contribution in [1.82, 2.24) is 4.72 Å². The van der Waals surface area contributed by atoms with Crippen molar-refractivity contribution < 1.29 is 17.9 Å². The second-order valence-corrected chi connectivity index (χ2v) is 6.75. The Morgan fingerprint density at radius 2 is 2.05 bits per heavy atom. The third kappa shape index (κ3) is 3.38. The molecule has 0 amide bonds. The van der Waals surface area contributed by atoms with Gasteiger partial charge in [-0.05, 0) is 23.1 Å². The van der Waals surface area contributed by atoms with Crippen molar-refractivity contribution in [1.29, 1.82) is 0 Å². The fraction of sp³-hybridized carbons (Fsp3) is 0.167. The summed E-state index contributed by atoms with van der Waals surface area (Å²) >= 11 is 1.02. The number of aliphatic hydroxyl groups is 1. The van der Waals surface area contributed by atoms with Crippen LogP contribution < -0.4 is 4.72 Å². The first-order valence-corrected chi connectivity index (χ1v) is 7.80. The first-order chi connectivity index (χ1) is 9.03. The van der Waals surface area contributed by atoms with Crippen LogP contribution in [-0.4, -0.2) is 13.5 Å². The standard InChI is InChI=1S/C12H12FNO3S2/c13-11-4-2-1-3-10(11)6-14-19(16,17)12-5-9(7-15)8-18-12/h1-5,8,14-15H,6-7H2. The van der Waals surface area contributed by atoms with Crippen molar-refractivity contribution in [3.63, 3.8) is 0 Å². The van der Waals surface area contributed by atoms with Gasteiger partial charge in [0.1, 0.15) is 10.0 Å². The molecule has 0 bridgehead atoms. The average Bonchev–Trinajstić information content (AvgIpc) is 2.87. The Bertz CT molecular complexity index is 667. The summed E-state index contributed by atoms with van der Waals surface area (Å²) in [4.78, 5) is 0. The van der Waals surface area contributed by atoms with E-state index in [1.54, 1.807) is 17.5 Å². The second-order valence-electron chi connectivity index (χ2n) is 3.85. The summed E-state index contributed by atoms with van der Waals surface area (Å²) in [5, 5.41) is 10.5. The minimum Gasteiger partial charge on any atom is -0.392 e. The number of aliphatic hydroxyl groups excluding tert-OH is 1. The van der Waals surface area contributed by atoms with E-state index in [2.05, 4.69) is 4.72 Å². The van der Waals surface area contributed by atoms with Crippen LogP contribution in [0.1, 0.15) is 11.1 Å². The molecule has 0 unspecified atom stereocenters. The van der Waals surface area contributed by atoms with Gasteiger partial charge in [-0.2, -0.15) is 0 Å². The molecule has 0 saturated carbocycles. The minimum atomic E-state index is -3.67. The fourth-order valence-electron chi connectivity index (χ4n) is 1.46. The number of rotatable bonds is 5. The lowest BCUT2D eigenvalue weighted by Gasteiger charge is -2.05. The molecule has 0 radical (unpaired) electrons. The van der Waals surface area contributed by atoms with Crippen molar-refractivity contribution in [2.75, 3.05) is 0 Å². The van der Waals surface area contributed by atoms with Gasteiger partial charge in [-0.1, -0.05) is 18.2 Å². The molecular weight excluding hydrogens is 289 g/mol. The van der Waals surface area contributed by atoms with Crippen LogP contribution in [0.15, 0.2) is 39.9 Å². The molecule has 0 atom stereocenters. The van der Waals surface area contributed by atoms with E-state index in [0.29, 0.717) is 5.56 Å². The summed E-state index contributed by atoms with van der Waals surface area (Å²) in [6, 6.07) is 7.38. The average molecular weight is 301 g/mol. The number of benzene rings is 1. The highest BCUT2D eigenvalue weighted by atomic mass is 32.2. The van der Waals surface area contributed by atoms with Gasteiger partial charge < -0.3 is 5.11 Å². The Labute approximate surface area is 114 Å². The predicted molar refractivity (Wildman–Crippen MR) is 70.7 cm³/mol. The van der Waals surface area contributed by atoms with Crippen LogP contribution in [0, 0.1) is 5.82 Å². The zero-order valence-corrected chi connectivity index (χ0v) is 11.5. The molecule has 7 heteroatoms. The number of hydrogen-bond donors (Lipinski definition) is 2. The van der Waals surface area contributed by atoms with E-state index in [0.717, 1.165) is 11.3 Å². The smallest absolute Gasteiger partial charge is 0.250 e.